The summed E-state index contributed by atoms with van der Waals surface area (Å²) in [7, 11) is 0. The van der Waals surface area contributed by atoms with Gasteiger partial charge >= 0.3 is 5.97 Å². The van der Waals surface area contributed by atoms with Crippen LogP contribution in [0.5, 0.6) is 0 Å². The molecular weight excluding hydrogens is 301 g/mol. The number of halogens is 1. The van der Waals surface area contributed by atoms with Crippen molar-refractivity contribution in [3.05, 3.63) is 64.8 Å². The van der Waals surface area contributed by atoms with Crippen LogP contribution >= 0.6 is 11.3 Å². The molecule has 0 amide bonds. The summed E-state index contributed by atoms with van der Waals surface area (Å²) < 4.78 is 14.0. The minimum absolute atomic E-state index is 0.0423. The van der Waals surface area contributed by atoms with Crippen molar-refractivity contribution in [3.8, 4) is 21.8 Å². The van der Waals surface area contributed by atoms with E-state index in [2.05, 4.69) is 4.98 Å². The number of aryl methyl sites for hydroxylation is 1. The van der Waals surface area contributed by atoms with Crippen molar-refractivity contribution in [1.82, 2.24) is 4.98 Å². The van der Waals surface area contributed by atoms with Gasteiger partial charge in [0, 0.05) is 11.1 Å². The summed E-state index contributed by atoms with van der Waals surface area (Å²) in [6.45, 7) is 1.97. The molecule has 3 nitrogen and oxygen atoms in total. The normalized spacial score (nSPS) is 10.6. The van der Waals surface area contributed by atoms with Gasteiger partial charge in [0.05, 0.1) is 5.69 Å². The summed E-state index contributed by atoms with van der Waals surface area (Å²) in [6.07, 6.45) is 0. The molecule has 1 heterocycles. The molecule has 0 saturated carbocycles. The number of nitrogens with zero attached hydrogens (tertiary/aromatic N) is 1. The maximum atomic E-state index is 14.0. The molecule has 0 aliphatic carbocycles. The number of aromatic carboxylic acids is 1. The van der Waals surface area contributed by atoms with E-state index in [0.717, 1.165) is 22.5 Å². The van der Waals surface area contributed by atoms with E-state index in [9.17, 15) is 14.3 Å². The Labute approximate surface area is 130 Å². The van der Waals surface area contributed by atoms with Crippen molar-refractivity contribution in [2.24, 2.45) is 0 Å². The highest BCUT2D eigenvalue weighted by molar-refractivity contribution is 7.17. The summed E-state index contributed by atoms with van der Waals surface area (Å²) in [5.74, 6) is -1.58. The van der Waals surface area contributed by atoms with Crippen LogP contribution in [0, 0.1) is 12.7 Å². The molecule has 3 aromatic rings. The van der Waals surface area contributed by atoms with Gasteiger partial charge in [-0.25, -0.2) is 14.2 Å². The number of carbonyl (C=O) groups is 1. The Kier molecular flexibility index (Phi) is 3.73. The van der Waals surface area contributed by atoms with E-state index >= 15 is 0 Å². The highest BCUT2D eigenvalue weighted by atomic mass is 32.1. The summed E-state index contributed by atoms with van der Waals surface area (Å²) in [4.78, 5) is 15.9. The lowest BCUT2D eigenvalue weighted by atomic mass is 10.1. The van der Waals surface area contributed by atoms with Crippen LogP contribution in [0.2, 0.25) is 0 Å². The predicted molar refractivity (Wildman–Crippen MR) is 84.6 cm³/mol. The number of aromatic nitrogens is 1. The van der Waals surface area contributed by atoms with Gasteiger partial charge in [0.1, 0.15) is 15.7 Å². The molecule has 0 bridgehead atoms. The highest BCUT2D eigenvalue weighted by Gasteiger charge is 2.21. The number of hydrogen-bond donors (Lipinski definition) is 1. The van der Waals surface area contributed by atoms with Crippen molar-refractivity contribution in [1.29, 1.82) is 0 Å². The second-order valence-electron chi connectivity index (χ2n) is 4.85. The van der Waals surface area contributed by atoms with Gasteiger partial charge in [0.2, 0.25) is 0 Å². The van der Waals surface area contributed by atoms with E-state index < -0.39 is 11.8 Å². The monoisotopic (exact) mass is 313 g/mol. The van der Waals surface area contributed by atoms with Crippen LogP contribution in [-0.2, 0) is 0 Å². The quantitative estimate of drug-likeness (QED) is 0.767. The van der Waals surface area contributed by atoms with Gasteiger partial charge in [0.25, 0.3) is 0 Å². The number of benzene rings is 2. The minimum atomic E-state index is -1.10. The SMILES string of the molecule is Cc1ccc(-c2nc(-c3ccccc3F)c(C(=O)O)s2)cc1. The Morgan fingerprint density at radius 2 is 1.82 bits per heavy atom. The van der Waals surface area contributed by atoms with E-state index in [1.807, 2.05) is 31.2 Å². The zero-order chi connectivity index (χ0) is 15.7. The zero-order valence-corrected chi connectivity index (χ0v) is 12.5. The fraction of sp³-hybridized carbons (Fsp3) is 0.0588. The average Bonchev–Trinajstić information content (AvgIpc) is 2.93. The lowest BCUT2D eigenvalue weighted by molar-refractivity contribution is 0.0702. The number of carboxylic acids is 1. The third-order valence-corrected chi connectivity index (χ3v) is 4.34. The number of thiazole rings is 1. The van der Waals surface area contributed by atoms with E-state index in [-0.39, 0.29) is 16.1 Å². The molecule has 3 rings (SSSR count). The molecule has 0 aliphatic rings. The van der Waals surface area contributed by atoms with E-state index in [1.54, 1.807) is 12.1 Å². The summed E-state index contributed by atoms with van der Waals surface area (Å²) in [6, 6.07) is 13.7. The summed E-state index contributed by atoms with van der Waals surface area (Å²) in [5, 5.41) is 9.94. The maximum absolute atomic E-state index is 14.0. The summed E-state index contributed by atoms with van der Waals surface area (Å²) in [5.41, 5.74) is 2.30. The van der Waals surface area contributed by atoms with Gasteiger partial charge in [-0.1, -0.05) is 42.0 Å². The molecule has 0 radical (unpaired) electrons. The molecule has 0 saturated heterocycles. The third-order valence-electron chi connectivity index (χ3n) is 3.25. The fourth-order valence-corrected chi connectivity index (χ4v) is 3.04. The molecule has 1 aromatic heterocycles. The second kappa shape index (κ2) is 5.69. The topological polar surface area (TPSA) is 50.2 Å². The van der Waals surface area contributed by atoms with Crippen LogP contribution in [-0.4, -0.2) is 16.1 Å². The first-order valence-electron chi connectivity index (χ1n) is 6.62. The smallest absolute Gasteiger partial charge is 0.348 e. The molecule has 5 heteroatoms. The molecular formula is C17H12FNO2S. The molecule has 0 spiro atoms. The Morgan fingerprint density at radius 3 is 2.45 bits per heavy atom. The highest BCUT2D eigenvalue weighted by Crippen LogP contribution is 2.35. The minimum Gasteiger partial charge on any atom is -0.477 e. The fourth-order valence-electron chi connectivity index (χ4n) is 2.12. The summed E-state index contributed by atoms with van der Waals surface area (Å²) >= 11 is 1.05. The third kappa shape index (κ3) is 2.63. The van der Waals surface area contributed by atoms with E-state index in [1.165, 1.54) is 12.1 Å². The number of carboxylic acid groups (broad SMARTS) is 1. The van der Waals surface area contributed by atoms with Crippen LogP contribution < -0.4 is 0 Å². The molecule has 0 aliphatic heterocycles. The van der Waals surface area contributed by atoms with Crippen LogP contribution in [0.4, 0.5) is 4.39 Å². The van der Waals surface area contributed by atoms with Gasteiger partial charge in [-0.15, -0.1) is 11.3 Å². The van der Waals surface area contributed by atoms with Crippen molar-refractivity contribution >= 4 is 17.3 Å². The molecule has 1 N–H and O–H groups in total. The van der Waals surface area contributed by atoms with Crippen LogP contribution in [0.1, 0.15) is 15.2 Å². The molecule has 2 aromatic carbocycles. The van der Waals surface area contributed by atoms with E-state index in [4.69, 9.17) is 0 Å². The first kappa shape index (κ1) is 14.4. The second-order valence-corrected chi connectivity index (χ2v) is 5.85. The van der Waals surface area contributed by atoms with Crippen LogP contribution in [0.25, 0.3) is 21.8 Å². The Balaban J connectivity index is 2.17. The Morgan fingerprint density at radius 1 is 1.14 bits per heavy atom. The van der Waals surface area contributed by atoms with Gasteiger partial charge in [-0.2, -0.15) is 0 Å². The van der Waals surface area contributed by atoms with Crippen molar-refractivity contribution in [2.75, 3.05) is 0 Å². The predicted octanol–water partition coefficient (Wildman–Crippen LogP) is 4.62. The van der Waals surface area contributed by atoms with Gasteiger partial charge in [-0.3, -0.25) is 0 Å². The molecule has 0 atom stereocenters. The van der Waals surface area contributed by atoms with Crippen LogP contribution in [0.15, 0.2) is 48.5 Å². The van der Waals surface area contributed by atoms with Crippen molar-refractivity contribution < 1.29 is 14.3 Å². The molecule has 22 heavy (non-hydrogen) atoms. The lowest BCUT2D eigenvalue weighted by Crippen LogP contribution is -1.96. The van der Waals surface area contributed by atoms with E-state index in [0.29, 0.717) is 5.01 Å². The van der Waals surface area contributed by atoms with Crippen molar-refractivity contribution in [3.63, 3.8) is 0 Å². The number of hydrogen-bond acceptors (Lipinski definition) is 3. The van der Waals surface area contributed by atoms with Gasteiger partial charge in [0.15, 0.2) is 0 Å². The molecule has 0 fully saturated rings. The average molecular weight is 313 g/mol. The van der Waals surface area contributed by atoms with Gasteiger partial charge in [-0.05, 0) is 19.1 Å². The number of rotatable bonds is 3. The lowest BCUT2D eigenvalue weighted by Gasteiger charge is -2.00. The largest absolute Gasteiger partial charge is 0.477 e. The zero-order valence-electron chi connectivity index (χ0n) is 11.7. The molecule has 0 unspecified atom stereocenters. The van der Waals surface area contributed by atoms with Crippen LogP contribution in [0.3, 0.4) is 0 Å². The van der Waals surface area contributed by atoms with Gasteiger partial charge < -0.3 is 5.11 Å². The first-order chi connectivity index (χ1) is 10.6. The first-order valence-corrected chi connectivity index (χ1v) is 7.44. The Hall–Kier alpha value is -2.53. The maximum Gasteiger partial charge on any atom is 0.348 e. The van der Waals surface area contributed by atoms with Crippen molar-refractivity contribution in [2.45, 2.75) is 6.92 Å². The molecule has 110 valence electrons. The Bertz CT molecular complexity index is 840. The standard InChI is InChI=1S/C17H12FNO2S/c1-10-6-8-11(9-7-10)16-19-14(15(22-16)17(20)21)12-4-2-3-5-13(12)18/h2-9H,1H3,(H,20,21).